The van der Waals surface area contributed by atoms with Gasteiger partial charge in [-0.25, -0.2) is 4.98 Å². The summed E-state index contributed by atoms with van der Waals surface area (Å²) in [5.41, 5.74) is 0. The molecule has 2 aromatic heterocycles. The summed E-state index contributed by atoms with van der Waals surface area (Å²) in [5, 5.41) is 4.47. The molecule has 0 spiro atoms. The van der Waals surface area contributed by atoms with Crippen molar-refractivity contribution in [1.82, 2.24) is 10.3 Å². The number of thioether (sulfide) groups is 1. The fourth-order valence-corrected chi connectivity index (χ4v) is 3.14. The summed E-state index contributed by atoms with van der Waals surface area (Å²) in [5.74, 6) is 1.02. The Kier molecular flexibility index (Phi) is 5.32. The number of rotatable bonds is 6. The van der Waals surface area contributed by atoms with Gasteiger partial charge >= 0.3 is 0 Å². The number of halogens is 1. The van der Waals surface area contributed by atoms with Gasteiger partial charge in [-0.15, -0.1) is 23.1 Å². The molecule has 90 valence electrons. The minimum absolute atomic E-state index is 0.852. The van der Waals surface area contributed by atoms with Crippen LogP contribution in [0.1, 0.15) is 4.88 Å². The van der Waals surface area contributed by atoms with E-state index in [2.05, 4.69) is 16.4 Å². The summed E-state index contributed by atoms with van der Waals surface area (Å²) < 4.78 is 0.852. The first-order valence-corrected chi connectivity index (χ1v) is 7.51. The Labute approximate surface area is 114 Å². The van der Waals surface area contributed by atoms with Gasteiger partial charge in [0.25, 0.3) is 0 Å². The summed E-state index contributed by atoms with van der Waals surface area (Å²) in [6.45, 7) is 1.86. The number of hydrogen-bond donors (Lipinski definition) is 1. The van der Waals surface area contributed by atoms with E-state index in [9.17, 15) is 0 Å². The second-order valence-electron chi connectivity index (χ2n) is 3.40. The molecule has 0 amide bonds. The third-order valence-electron chi connectivity index (χ3n) is 2.09. The summed E-state index contributed by atoms with van der Waals surface area (Å²) in [7, 11) is 0. The predicted octanol–water partition coefficient (Wildman–Crippen LogP) is 3.68. The van der Waals surface area contributed by atoms with Crippen molar-refractivity contribution >= 4 is 34.7 Å². The Bertz CT molecular complexity index is 445. The third kappa shape index (κ3) is 4.68. The van der Waals surface area contributed by atoms with Crippen LogP contribution < -0.4 is 5.32 Å². The van der Waals surface area contributed by atoms with Gasteiger partial charge in [0, 0.05) is 29.9 Å². The smallest absolute Gasteiger partial charge is 0.0960 e. The van der Waals surface area contributed by atoms with Crippen molar-refractivity contribution in [3.05, 3.63) is 45.7 Å². The second-order valence-corrected chi connectivity index (χ2v) is 6.31. The largest absolute Gasteiger partial charge is 0.311 e. The Morgan fingerprint density at radius 3 is 2.94 bits per heavy atom. The Morgan fingerprint density at radius 2 is 2.24 bits per heavy atom. The van der Waals surface area contributed by atoms with Crippen LogP contribution >= 0.6 is 34.7 Å². The van der Waals surface area contributed by atoms with Gasteiger partial charge in [-0.05, 0) is 24.3 Å². The second kappa shape index (κ2) is 7.01. The van der Waals surface area contributed by atoms with Gasteiger partial charge in [0.05, 0.1) is 9.36 Å². The molecule has 2 heterocycles. The first kappa shape index (κ1) is 12.9. The maximum atomic E-state index is 5.86. The van der Waals surface area contributed by atoms with E-state index in [-0.39, 0.29) is 0 Å². The number of aromatic nitrogens is 1. The SMILES string of the molecule is Clc1ccc(CNCCSc2ccccn2)s1. The van der Waals surface area contributed by atoms with E-state index >= 15 is 0 Å². The number of nitrogens with zero attached hydrogens (tertiary/aromatic N) is 1. The quantitative estimate of drug-likeness (QED) is 0.647. The lowest BCUT2D eigenvalue weighted by Crippen LogP contribution is -2.15. The van der Waals surface area contributed by atoms with E-state index in [1.165, 1.54) is 4.88 Å². The molecule has 0 aliphatic heterocycles. The van der Waals surface area contributed by atoms with Crippen molar-refractivity contribution in [3.8, 4) is 0 Å². The molecule has 0 aliphatic carbocycles. The fourth-order valence-electron chi connectivity index (χ4n) is 1.32. The van der Waals surface area contributed by atoms with Crippen LogP contribution in [0.15, 0.2) is 41.6 Å². The lowest BCUT2D eigenvalue weighted by atomic mass is 10.4. The van der Waals surface area contributed by atoms with Crippen LogP contribution in [-0.4, -0.2) is 17.3 Å². The average Bonchev–Trinajstić information content (AvgIpc) is 2.76. The van der Waals surface area contributed by atoms with Crippen LogP contribution in [0, 0.1) is 0 Å². The monoisotopic (exact) mass is 284 g/mol. The van der Waals surface area contributed by atoms with Gasteiger partial charge in [0.15, 0.2) is 0 Å². The van der Waals surface area contributed by atoms with Crippen molar-refractivity contribution in [2.45, 2.75) is 11.6 Å². The van der Waals surface area contributed by atoms with E-state index in [1.807, 2.05) is 30.5 Å². The molecule has 2 aromatic rings. The average molecular weight is 285 g/mol. The molecular formula is C12H13ClN2S2. The maximum Gasteiger partial charge on any atom is 0.0960 e. The molecule has 1 N–H and O–H groups in total. The maximum absolute atomic E-state index is 5.86. The van der Waals surface area contributed by atoms with Gasteiger partial charge in [0.2, 0.25) is 0 Å². The summed E-state index contributed by atoms with van der Waals surface area (Å²) in [6.07, 6.45) is 1.82. The molecule has 0 unspecified atom stereocenters. The highest BCUT2D eigenvalue weighted by molar-refractivity contribution is 7.99. The molecular weight excluding hydrogens is 272 g/mol. The molecule has 0 radical (unpaired) electrons. The van der Waals surface area contributed by atoms with Crippen molar-refractivity contribution in [1.29, 1.82) is 0 Å². The van der Waals surface area contributed by atoms with E-state index in [1.54, 1.807) is 23.1 Å². The van der Waals surface area contributed by atoms with E-state index in [0.717, 1.165) is 28.2 Å². The standard InChI is InChI=1S/C12H13ClN2S2/c13-11-5-4-10(17-11)9-14-7-8-16-12-3-1-2-6-15-12/h1-6,14H,7-9H2. The van der Waals surface area contributed by atoms with E-state index in [4.69, 9.17) is 11.6 Å². The van der Waals surface area contributed by atoms with E-state index < -0.39 is 0 Å². The van der Waals surface area contributed by atoms with Crippen LogP contribution in [0.4, 0.5) is 0 Å². The third-order valence-corrected chi connectivity index (χ3v) is 4.27. The molecule has 0 saturated heterocycles. The Hall–Kier alpha value is -0.550. The summed E-state index contributed by atoms with van der Waals surface area (Å²) >= 11 is 9.25. The van der Waals surface area contributed by atoms with Crippen molar-refractivity contribution in [3.63, 3.8) is 0 Å². The van der Waals surface area contributed by atoms with Gasteiger partial charge in [-0.3, -0.25) is 0 Å². The van der Waals surface area contributed by atoms with Crippen LogP contribution in [-0.2, 0) is 6.54 Å². The molecule has 17 heavy (non-hydrogen) atoms. The molecule has 0 atom stereocenters. The Balaban J connectivity index is 1.61. The van der Waals surface area contributed by atoms with Gasteiger partial charge < -0.3 is 5.32 Å². The van der Waals surface area contributed by atoms with Gasteiger partial charge in [0.1, 0.15) is 0 Å². The molecule has 2 rings (SSSR count). The minimum atomic E-state index is 0.852. The topological polar surface area (TPSA) is 24.9 Å². The molecule has 0 aromatic carbocycles. The zero-order chi connectivity index (χ0) is 11.9. The molecule has 0 fully saturated rings. The zero-order valence-electron chi connectivity index (χ0n) is 9.23. The van der Waals surface area contributed by atoms with Crippen LogP contribution in [0.3, 0.4) is 0 Å². The molecule has 5 heteroatoms. The number of nitrogens with one attached hydrogen (secondary N) is 1. The lowest BCUT2D eigenvalue weighted by Gasteiger charge is -2.02. The molecule has 2 nitrogen and oxygen atoms in total. The summed E-state index contributed by atoms with van der Waals surface area (Å²) in [4.78, 5) is 5.53. The number of thiophene rings is 1. The predicted molar refractivity (Wildman–Crippen MR) is 76.0 cm³/mol. The van der Waals surface area contributed by atoms with Crippen LogP contribution in [0.25, 0.3) is 0 Å². The fraction of sp³-hybridized carbons (Fsp3) is 0.250. The van der Waals surface area contributed by atoms with Crippen molar-refractivity contribution in [2.75, 3.05) is 12.3 Å². The molecule has 0 saturated carbocycles. The molecule has 0 aliphatic rings. The highest BCUT2D eigenvalue weighted by atomic mass is 35.5. The highest BCUT2D eigenvalue weighted by Gasteiger charge is 1.97. The Morgan fingerprint density at radius 1 is 1.29 bits per heavy atom. The van der Waals surface area contributed by atoms with Gasteiger partial charge in [-0.1, -0.05) is 17.7 Å². The van der Waals surface area contributed by atoms with Gasteiger partial charge in [-0.2, -0.15) is 0 Å². The first-order chi connectivity index (χ1) is 8.34. The van der Waals surface area contributed by atoms with Crippen LogP contribution in [0.5, 0.6) is 0 Å². The minimum Gasteiger partial charge on any atom is -0.311 e. The van der Waals surface area contributed by atoms with Crippen molar-refractivity contribution < 1.29 is 0 Å². The zero-order valence-corrected chi connectivity index (χ0v) is 11.6. The first-order valence-electron chi connectivity index (χ1n) is 5.33. The number of pyridine rings is 1. The number of hydrogen-bond acceptors (Lipinski definition) is 4. The van der Waals surface area contributed by atoms with Crippen LogP contribution in [0.2, 0.25) is 4.34 Å². The highest BCUT2D eigenvalue weighted by Crippen LogP contribution is 2.21. The molecule has 0 bridgehead atoms. The van der Waals surface area contributed by atoms with E-state index in [0.29, 0.717) is 0 Å². The van der Waals surface area contributed by atoms with Crippen molar-refractivity contribution in [2.24, 2.45) is 0 Å². The summed E-state index contributed by atoms with van der Waals surface area (Å²) in [6, 6.07) is 9.97. The lowest BCUT2D eigenvalue weighted by molar-refractivity contribution is 0.740. The normalized spacial score (nSPS) is 10.6.